The molecule has 0 aliphatic carbocycles. The smallest absolute Gasteiger partial charge is 0.265 e. The maximum absolute atomic E-state index is 12.5. The lowest BCUT2D eigenvalue weighted by Crippen LogP contribution is -2.28. The highest BCUT2D eigenvalue weighted by atomic mass is 32.1. The van der Waals surface area contributed by atoms with Gasteiger partial charge < -0.3 is 20.1 Å². The van der Waals surface area contributed by atoms with Crippen molar-refractivity contribution in [3.05, 3.63) is 21.3 Å². The van der Waals surface area contributed by atoms with Crippen LogP contribution in [0.1, 0.15) is 49.1 Å². The molecule has 1 atom stereocenters. The van der Waals surface area contributed by atoms with Crippen LogP contribution in [-0.2, 0) is 4.79 Å². The number of carbonyl (C=O) groups is 2. The lowest BCUT2D eigenvalue weighted by Gasteiger charge is -2.17. The van der Waals surface area contributed by atoms with Gasteiger partial charge in [-0.15, -0.1) is 22.7 Å². The fourth-order valence-electron chi connectivity index (χ4n) is 2.18. The largest absolute Gasteiger partial charge is 0.485 e. The van der Waals surface area contributed by atoms with Gasteiger partial charge in [-0.05, 0) is 6.92 Å². The molecule has 0 saturated heterocycles. The Morgan fingerprint density at radius 3 is 2.65 bits per heavy atom. The third-order valence-corrected chi connectivity index (χ3v) is 5.44. The molecular formula is C17H21N3O4S2. The lowest BCUT2D eigenvalue weighted by atomic mass is 9.96. The monoisotopic (exact) mass is 395 g/mol. The number of carbonyl (C=O) groups excluding carboxylic acids is 2. The summed E-state index contributed by atoms with van der Waals surface area (Å²) in [7, 11) is 0. The van der Waals surface area contributed by atoms with Crippen molar-refractivity contribution in [2.24, 2.45) is 5.41 Å². The summed E-state index contributed by atoms with van der Waals surface area (Å²) in [6.07, 6.45) is 0. The first-order valence-corrected chi connectivity index (χ1v) is 9.96. The van der Waals surface area contributed by atoms with Crippen LogP contribution in [0.4, 0.5) is 5.13 Å². The molecule has 2 amide bonds. The number of hydrogen-bond acceptors (Lipinski definition) is 7. The average molecular weight is 396 g/mol. The summed E-state index contributed by atoms with van der Waals surface area (Å²) in [6, 6.07) is -0.304. The molecule has 7 nitrogen and oxygen atoms in total. The molecular weight excluding hydrogens is 374 g/mol. The highest BCUT2D eigenvalue weighted by molar-refractivity contribution is 7.14. The van der Waals surface area contributed by atoms with E-state index in [4.69, 9.17) is 9.47 Å². The van der Waals surface area contributed by atoms with Gasteiger partial charge in [0.1, 0.15) is 18.1 Å². The van der Waals surface area contributed by atoms with E-state index in [1.807, 2.05) is 33.1 Å². The minimum absolute atomic E-state index is 0.0996. The van der Waals surface area contributed by atoms with Crippen LogP contribution in [-0.4, -0.2) is 30.0 Å². The summed E-state index contributed by atoms with van der Waals surface area (Å²) >= 11 is 2.62. The maximum Gasteiger partial charge on any atom is 0.265 e. The Morgan fingerprint density at radius 1 is 1.19 bits per heavy atom. The van der Waals surface area contributed by atoms with E-state index in [1.165, 1.54) is 22.7 Å². The van der Waals surface area contributed by atoms with Gasteiger partial charge in [-0.3, -0.25) is 9.59 Å². The van der Waals surface area contributed by atoms with Crippen molar-refractivity contribution in [3.8, 4) is 11.5 Å². The Morgan fingerprint density at radius 2 is 1.92 bits per heavy atom. The summed E-state index contributed by atoms with van der Waals surface area (Å²) in [5.74, 6) is 0.780. The van der Waals surface area contributed by atoms with E-state index in [2.05, 4.69) is 15.6 Å². The number of nitrogens with one attached hydrogen (secondary N) is 2. The van der Waals surface area contributed by atoms with Gasteiger partial charge >= 0.3 is 0 Å². The zero-order chi connectivity index (χ0) is 18.9. The fraction of sp³-hybridized carbons (Fsp3) is 0.471. The van der Waals surface area contributed by atoms with Gasteiger partial charge in [0.2, 0.25) is 5.91 Å². The van der Waals surface area contributed by atoms with E-state index >= 15 is 0 Å². The predicted molar refractivity (Wildman–Crippen MR) is 101 cm³/mol. The Kier molecular flexibility index (Phi) is 5.19. The van der Waals surface area contributed by atoms with Crippen molar-refractivity contribution >= 4 is 39.6 Å². The molecule has 3 heterocycles. The molecule has 2 aromatic heterocycles. The molecule has 1 aliphatic rings. The number of nitrogens with zero attached hydrogens (tertiary/aromatic N) is 1. The normalized spacial score (nSPS) is 14.6. The molecule has 1 aliphatic heterocycles. The maximum atomic E-state index is 12.5. The topological polar surface area (TPSA) is 89.5 Å². The SMILES string of the molecule is CC(NC(=O)c1scc2c1OCCO2)c1csc(NC(=O)C(C)(C)C)n1. The molecule has 26 heavy (non-hydrogen) atoms. The third-order valence-electron chi connectivity index (χ3n) is 3.72. The molecule has 9 heteroatoms. The molecule has 140 valence electrons. The van der Waals surface area contributed by atoms with Crippen LogP contribution in [0.25, 0.3) is 0 Å². The summed E-state index contributed by atoms with van der Waals surface area (Å²) in [5.41, 5.74) is 0.196. The summed E-state index contributed by atoms with van der Waals surface area (Å²) in [5, 5.41) is 9.83. The zero-order valence-corrected chi connectivity index (χ0v) is 16.7. The van der Waals surface area contributed by atoms with E-state index < -0.39 is 5.41 Å². The first kappa shape index (κ1) is 18.7. The van der Waals surface area contributed by atoms with Crippen molar-refractivity contribution in [1.29, 1.82) is 0 Å². The Hall–Kier alpha value is -2.13. The number of aromatic nitrogens is 1. The quantitative estimate of drug-likeness (QED) is 0.828. The molecule has 0 aromatic carbocycles. The third kappa shape index (κ3) is 3.99. The number of rotatable bonds is 4. The number of thiophene rings is 1. The minimum atomic E-state index is -0.494. The van der Waals surface area contributed by atoms with Crippen molar-refractivity contribution in [2.45, 2.75) is 33.7 Å². The molecule has 0 bridgehead atoms. The van der Waals surface area contributed by atoms with Gasteiger partial charge in [-0.1, -0.05) is 20.8 Å². The summed E-state index contributed by atoms with van der Waals surface area (Å²) in [4.78, 5) is 29.5. The predicted octanol–water partition coefficient (Wildman–Crippen LogP) is 3.45. The van der Waals surface area contributed by atoms with Crippen LogP contribution in [0.3, 0.4) is 0 Å². The number of anilines is 1. The Balaban J connectivity index is 1.65. The minimum Gasteiger partial charge on any atom is -0.485 e. The molecule has 0 radical (unpaired) electrons. The highest BCUT2D eigenvalue weighted by Gasteiger charge is 2.26. The fourth-order valence-corrected chi connectivity index (χ4v) is 3.81. The second-order valence-corrected chi connectivity index (χ2v) is 8.67. The van der Waals surface area contributed by atoms with E-state index in [1.54, 1.807) is 5.38 Å². The van der Waals surface area contributed by atoms with Crippen molar-refractivity contribution in [3.63, 3.8) is 0 Å². The Bertz CT molecular complexity index is 822. The average Bonchev–Trinajstić information content (AvgIpc) is 3.20. The molecule has 0 fully saturated rings. The Labute approximate surface area is 159 Å². The van der Waals surface area contributed by atoms with Gasteiger partial charge in [0, 0.05) is 16.2 Å². The van der Waals surface area contributed by atoms with Crippen LogP contribution >= 0.6 is 22.7 Å². The molecule has 0 saturated carbocycles. The number of thiazole rings is 1. The van der Waals surface area contributed by atoms with E-state index in [0.29, 0.717) is 40.4 Å². The second kappa shape index (κ2) is 7.24. The summed E-state index contributed by atoms with van der Waals surface area (Å²) < 4.78 is 11.0. The van der Waals surface area contributed by atoms with Crippen LogP contribution < -0.4 is 20.1 Å². The van der Waals surface area contributed by atoms with E-state index in [9.17, 15) is 9.59 Å². The van der Waals surface area contributed by atoms with Gasteiger partial charge in [0.05, 0.1) is 11.7 Å². The van der Waals surface area contributed by atoms with E-state index in [-0.39, 0.29) is 17.9 Å². The van der Waals surface area contributed by atoms with Gasteiger partial charge in [0.15, 0.2) is 16.6 Å². The van der Waals surface area contributed by atoms with Crippen LogP contribution in [0.5, 0.6) is 11.5 Å². The molecule has 1 unspecified atom stereocenters. The molecule has 2 aromatic rings. The van der Waals surface area contributed by atoms with Gasteiger partial charge in [-0.2, -0.15) is 0 Å². The standard InChI is InChI=1S/C17H21N3O4S2/c1-9(10-7-26-16(19-10)20-15(22)17(2,3)4)18-14(21)13-12-11(8-25-13)23-5-6-24-12/h7-9H,5-6H2,1-4H3,(H,18,21)(H,19,20,22). The van der Waals surface area contributed by atoms with Crippen LogP contribution in [0.15, 0.2) is 10.8 Å². The number of hydrogen-bond donors (Lipinski definition) is 2. The van der Waals surface area contributed by atoms with Gasteiger partial charge in [-0.25, -0.2) is 4.98 Å². The van der Waals surface area contributed by atoms with Crippen molar-refractivity contribution < 1.29 is 19.1 Å². The van der Waals surface area contributed by atoms with Crippen LogP contribution in [0.2, 0.25) is 0 Å². The van der Waals surface area contributed by atoms with Crippen molar-refractivity contribution in [1.82, 2.24) is 10.3 Å². The number of amides is 2. The van der Waals surface area contributed by atoms with Crippen molar-refractivity contribution in [2.75, 3.05) is 18.5 Å². The molecule has 3 rings (SSSR count). The lowest BCUT2D eigenvalue weighted by molar-refractivity contribution is -0.123. The number of ether oxygens (including phenoxy) is 2. The second-order valence-electron chi connectivity index (χ2n) is 6.93. The first-order valence-electron chi connectivity index (χ1n) is 8.20. The highest BCUT2D eigenvalue weighted by Crippen LogP contribution is 2.39. The first-order chi connectivity index (χ1) is 12.3. The zero-order valence-electron chi connectivity index (χ0n) is 15.0. The molecule has 0 spiro atoms. The van der Waals surface area contributed by atoms with Gasteiger partial charge in [0.25, 0.3) is 5.91 Å². The summed E-state index contributed by atoms with van der Waals surface area (Å²) in [6.45, 7) is 8.29. The van der Waals surface area contributed by atoms with Crippen LogP contribution in [0, 0.1) is 5.41 Å². The molecule has 2 N–H and O–H groups in total. The number of fused-ring (bicyclic) bond motifs is 1. The van der Waals surface area contributed by atoms with E-state index in [0.717, 1.165) is 0 Å².